The molecule has 1 heterocycles. The van der Waals surface area contributed by atoms with Crippen LogP contribution in [0.25, 0.3) is 0 Å². The van der Waals surface area contributed by atoms with E-state index in [1.54, 1.807) is 19.8 Å². The predicted octanol–water partition coefficient (Wildman–Crippen LogP) is 6.58. The van der Waals surface area contributed by atoms with E-state index in [9.17, 15) is 5.11 Å². The zero-order valence-electron chi connectivity index (χ0n) is 22.2. The third-order valence-electron chi connectivity index (χ3n) is 9.15. The van der Waals surface area contributed by atoms with Crippen molar-refractivity contribution in [2.75, 3.05) is 32.2 Å². The van der Waals surface area contributed by atoms with Crippen LogP contribution in [0, 0.1) is 5.92 Å². The average Bonchev–Trinajstić information content (AvgIpc) is 3.42. The van der Waals surface area contributed by atoms with E-state index in [-0.39, 0.29) is 6.29 Å². The normalized spacial score (nSPS) is 21.8. The highest BCUT2D eigenvalue weighted by Gasteiger charge is 2.33. The van der Waals surface area contributed by atoms with Crippen molar-refractivity contribution in [3.8, 4) is 5.75 Å². The van der Waals surface area contributed by atoms with Crippen LogP contribution in [-0.4, -0.2) is 38.7 Å². The molecule has 3 aromatic rings. The van der Waals surface area contributed by atoms with Crippen molar-refractivity contribution in [3.63, 3.8) is 0 Å². The van der Waals surface area contributed by atoms with Gasteiger partial charge in [0, 0.05) is 44.8 Å². The summed E-state index contributed by atoms with van der Waals surface area (Å²) in [7, 11) is 3.47. The van der Waals surface area contributed by atoms with Crippen molar-refractivity contribution in [1.29, 1.82) is 0 Å². The Hall–Kier alpha value is -2.82. The van der Waals surface area contributed by atoms with Crippen molar-refractivity contribution in [3.05, 3.63) is 94.0 Å². The molecule has 0 saturated carbocycles. The average molecular weight is 498 g/mol. The molecule has 0 amide bonds. The van der Waals surface area contributed by atoms with Gasteiger partial charge in [-0.3, -0.25) is 0 Å². The van der Waals surface area contributed by atoms with Crippen molar-refractivity contribution >= 4 is 5.69 Å². The lowest BCUT2D eigenvalue weighted by atomic mass is 9.69. The lowest BCUT2D eigenvalue weighted by Crippen LogP contribution is -2.39. The zero-order valence-corrected chi connectivity index (χ0v) is 22.2. The van der Waals surface area contributed by atoms with Crippen LogP contribution >= 0.6 is 0 Å². The minimum atomic E-state index is -0.105. The summed E-state index contributed by atoms with van der Waals surface area (Å²) in [5.41, 5.74) is 9.89. The quantitative estimate of drug-likeness (QED) is 0.391. The standard InChI is InChI=1S/C33H39NO3/c1-36-33(37-2)24-16-18-34(19-17-24)28-11-8-23(9-12-28)32-30(14-10-27-21-29(35)13-15-31(27)32)26-7-6-22-4-3-5-25(22)20-26/h6-9,11-13,15,20-21,24,30,32-33,35H,3-5,10,14,16-19H2,1-2H3/t30-,32+/m1/s1. The summed E-state index contributed by atoms with van der Waals surface area (Å²) in [5.74, 6) is 1.57. The number of fused-ring (bicyclic) bond motifs is 2. The highest BCUT2D eigenvalue weighted by molar-refractivity contribution is 5.53. The molecule has 0 bridgehead atoms. The Morgan fingerprint density at radius 2 is 1.49 bits per heavy atom. The summed E-state index contributed by atoms with van der Waals surface area (Å²) in [6.07, 6.45) is 7.89. The Bertz CT molecular complexity index is 1220. The minimum Gasteiger partial charge on any atom is -0.508 e. The lowest BCUT2D eigenvalue weighted by molar-refractivity contribution is -0.141. The third kappa shape index (κ3) is 4.78. The summed E-state index contributed by atoms with van der Waals surface area (Å²) < 4.78 is 11.0. The van der Waals surface area contributed by atoms with Gasteiger partial charge in [-0.05, 0) is 109 Å². The molecule has 194 valence electrons. The van der Waals surface area contributed by atoms with Gasteiger partial charge in [-0.25, -0.2) is 0 Å². The fourth-order valence-corrected chi connectivity index (χ4v) is 7.20. The number of hydrogen-bond donors (Lipinski definition) is 1. The number of nitrogens with zero attached hydrogens (tertiary/aromatic N) is 1. The summed E-state index contributed by atoms with van der Waals surface area (Å²) in [5, 5.41) is 10.2. The van der Waals surface area contributed by atoms with Gasteiger partial charge >= 0.3 is 0 Å². The Labute approximate surface area is 221 Å². The number of anilines is 1. The molecule has 37 heavy (non-hydrogen) atoms. The van der Waals surface area contributed by atoms with Crippen LogP contribution in [-0.2, 0) is 28.7 Å². The number of rotatable bonds is 6. The Morgan fingerprint density at radius 1 is 0.757 bits per heavy atom. The number of ether oxygens (including phenoxy) is 2. The van der Waals surface area contributed by atoms with Crippen molar-refractivity contribution in [2.24, 2.45) is 5.92 Å². The topological polar surface area (TPSA) is 41.9 Å². The number of piperidine rings is 1. The maximum absolute atomic E-state index is 10.2. The number of methoxy groups -OCH3 is 2. The maximum atomic E-state index is 10.2. The Balaban J connectivity index is 1.28. The molecule has 1 aliphatic heterocycles. The van der Waals surface area contributed by atoms with Gasteiger partial charge in [-0.1, -0.05) is 36.4 Å². The molecule has 0 aromatic heterocycles. The number of phenols is 1. The second-order valence-corrected chi connectivity index (χ2v) is 11.1. The first-order chi connectivity index (χ1) is 18.1. The van der Waals surface area contributed by atoms with E-state index in [1.165, 1.54) is 52.8 Å². The summed E-state index contributed by atoms with van der Waals surface area (Å²) in [6, 6.07) is 22.6. The zero-order chi connectivity index (χ0) is 25.4. The van der Waals surface area contributed by atoms with Crippen LogP contribution in [0.15, 0.2) is 60.7 Å². The van der Waals surface area contributed by atoms with Gasteiger partial charge < -0.3 is 19.5 Å². The van der Waals surface area contributed by atoms with E-state index < -0.39 is 0 Å². The molecular formula is C33H39NO3. The van der Waals surface area contributed by atoms with Gasteiger partial charge in [0.05, 0.1) is 0 Å². The smallest absolute Gasteiger partial charge is 0.159 e. The predicted molar refractivity (Wildman–Crippen MR) is 149 cm³/mol. The van der Waals surface area contributed by atoms with Gasteiger partial charge in [0.25, 0.3) is 0 Å². The number of benzene rings is 3. The summed E-state index contributed by atoms with van der Waals surface area (Å²) >= 11 is 0. The molecule has 1 fully saturated rings. The molecule has 0 unspecified atom stereocenters. The molecule has 4 nitrogen and oxygen atoms in total. The monoisotopic (exact) mass is 497 g/mol. The number of phenolic OH excluding ortho intramolecular Hbond substituents is 1. The molecule has 6 rings (SSSR count). The lowest BCUT2D eigenvalue weighted by Gasteiger charge is -2.37. The summed E-state index contributed by atoms with van der Waals surface area (Å²) in [6.45, 7) is 2.05. The van der Waals surface area contributed by atoms with E-state index >= 15 is 0 Å². The van der Waals surface area contributed by atoms with E-state index in [0.717, 1.165) is 38.8 Å². The molecule has 4 heteroatoms. The summed E-state index contributed by atoms with van der Waals surface area (Å²) in [4.78, 5) is 2.49. The minimum absolute atomic E-state index is 0.105. The van der Waals surface area contributed by atoms with Crippen LogP contribution < -0.4 is 4.90 Å². The van der Waals surface area contributed by atoms with E-state index in [1.807, 2.05) is 12.1 Å². The number of aryl methyl sites for hydroxylation is 3. The van der Waals surface area contributed by atoms with E-state index in [2.05, 4.69) is 53.4 Å². The maximum Gasteiger partial charge on any atom is 0.159 e. The molecule has 3 aliphatic rings. The van der Waals surface area contributed by atoms with E-state index in [0.29, 0.717) is 23.5 Å². The number of hydrogen-bond acceptors (Lipinski definition) is 4. The first kappa shape index (κ1) is 24.5. The third-order valence-corrected chi connectivity index (χ3v) is 9.15. The van der Waals surface area contributed by atoms with Crippen LogP contribution in [0.5, 0.6) is 5.75 Å². The van der Waals surface area contributed by atoms with Crippen molar-refractivity contribution in [2.45, 2.75) is 63.1 Å². The molecule has 2 atom stereocenters. The van der Waals surface area contributed by atoms with Crippen LogP contribution in [0.2, 0.25) is 0 Å². The van der Waals surface area contributed by atoms with E-state index in [4.69, 9.17) is 9.47 Å². The highest BCUT2D eigenvalue weighted by atomic mass is 16.7. The molecule has 1 N–H and O–H groups in total. The van der Waals surface area contributed by atoms with Crippen molar-refractivity contribution in [1.82, 2.24) is 0 Å². The SMILES string of the molecule is COC(OC)C1CCN(c2ccc([C@@H]3c4ccc(O)cc4CC[C@@H]3c3ccc4c(c3)CCC4)cc2)CC1. The van der Waals surface area contributed by atoms with Gasteiger partial charge in [-0.15, -0.1) is 0 Å². The Morgan fingerprint density at radius 3 is 2.24 bits per heavy atom. The number of aromatic hydroxyl groups is 1. The second-order valence-electron chi connectivity index (χ2n) is 11.1. The molecule has 0 radical (unpaired) electrons. The van der Waals surface area contributed by atoms with Crippen molar-refractivity contribution < 1.29 is 14.6 Å². The second kappa shape index (κ2) is 10.5. The molecule has 1 saturated heterocycles. The first-order valence-corrected chi connectivity index (χ1v) is 14.0. The van der Waals surface area contributed by atoms with Crippen LogP contribution in [0.3, 0.4) is 0 Å². The van der Waals surface area contributed by atoms with Crippen LogP contribution in [0.4, 0.5) is 5.69 Å². The highest BCUT2D eigenvalue weighted by Crippen LogP contribution is 2.47. The molecule has 0 spiro atoms. The molecular weight excluding hydrogens is 458 g/mol. The Kier molecular flexibility index (Phi) is 6.96. The van der Waals surface area contributed by atoms with Gasteiger partial charge in [-0.2, -0.15) is 0 Å². The van der Waals surface area contributed by atoms with Crippen LogP contribution in [0.1, 0.15) is 70.9 Å². The first-order valence-electron chi connectivity index (χ1n) is 14.0. The molecule has 3 aromatic carbocycles. The fraction of sp³-hybridized carbons (Fsp3) is 0.455. The van der Waals surface area contributed by atoms with Gasteiger partial charge in [0.2, 0.25) is 0 Å². The van der Waals surface area contributed by atoms with Gasteiger partial charge in [0.1, 0.15) is 5.75 Å². The fourth-order valence-electron chi connectivity index (χ4n) is 7.20. The molecule has 2 aliphatic carbocycles. The van der Waals surface area contributed by atoms with Gasteiger partial charge in [0.15, 0.2) is 6.29 Å². The largest absolute Gasteiger partial charge is 0.508 e.